The highest BCUT2D eigenvalue weighted by molar-refractivity contribution is 7.17. The molecule has 0 aliphatic carbocycles. The van der Waals surface area contributed by atoms with Crippen LogP contribution in [-0.2, 0) is 0 Å². The Kier molecular flexibility index (Phi) is 3.18. The molecule has 19 heavy (non-hydrogen) atoms. The highest BCUT2D eigenvalue weighted by Gasteiger charge is 2.18. The molecule has 0 fully saturated rings. The molecule has 0 saturated heterocycles. The predicted molar refractivity (Wildman–Crippen MR) is 77.7 cm³/mol. The summed E-state index contributed by atoms with van der Waals surface area (Å²) in [6.45, 7) is 0. The van der Waals surface area contributed by atoms with Gasteiger partial charge in [0.1, 0.15) is 15.9 Å². The second-order valence-electron chi connectivity index (χ2n) is 3.65. The van der Waals surface area contributed by atoms with E-state index >= 15 is 0 Å². The number of thiophene rings is 1. The van der Waals surface area contributed by atoms with Crippen molar-refractivity contribution in [1.82, 2.24) is 8.75 Å². The van der Waals surface area contributed by atoms with Crippen molar-refractivity contribution in [3.8, 4) is 10.4 Å². The number of fused-ring (bicyclic) bond motifs is 1. The zero-order valence-corrected chi connectivity index (χ0v) is 12.2. The largest absolute Gasteiger partial charge is 0.477 e. The zero-order chi connectivity index (χ0) is 13.6. The Bertz CT molecular complexity index is 797. The minimum Gasteiger partial charge on any atom is -0.477 e. The van der Waals surface area contributed by atoms with E-state index in [1.54, 1.807) is 18.2 Å². The summed E-state index contributed by atoms with van der Waals surface area (Å²) in [7, 11) is 0. The molecule has 0 unspecified atom stereocenters. The molecule has 0 amide bonds. The minimum absolute atomic E-state index is 0.248. The van der Waals surface area contributed by atoms with Gasteiger partial charge in [0.2, 0.25) is 0 Å². The van der Waals surface area contributed by atoms with E-state index in [2.05, 4.69) is 8.75 Å². The predicted octanol–water partition coefficient (Wildman–Crippen LogP) is 4.42. The monoisotopic (exact) mass is 330 g/mol. The van der Waals surface area contributed by atoms with E-state index in [0.29, 0.717) is 26.6 Å². The smallest absolute Gasteiger partial charge is 0.345 e. The topological polar surface area (TPSA) is 63.1 Å². The van der Waals surface area contributed by atoms with E-state index in [9.17, 15) is 4.79 Å². The third-order valence-electron chi connectivity index (χ3n) is 2.51. The van der Waals surface area contributed by atoms with E-state index in [0.717, 1.165) is 27.9 Å². The molecule has 3 rings (SSSR count). The zero-order valence-electron chi connectivity index (χ0n) is 9.05. The number of halogens is 2. The first-order valence-corrected chi connectivity index (χ1v) is 7.32. The molecule has 0 spiro atoms. The van der Waals surface area contributed by atoms with Crippen LogP contribution in [0.1, 0.15) is 9.67 Å². The summed E-state index contributed by atoms with van der Waals surface area (Å²) in [5, 5.41) is 9.83. The number of aromatic carboxylic acids is 1. The van der Waals surface area contributed by atoms with Crippen LogP contribution in [-0.4, -0.2) is 19.8 Å². The van der Waals surface area contributed by atoms with Gasteiger partial charge in [0.15, 0.2) is 0 Å². The van der Waals surface area contributed by atoms with Crippen molar-refractivity contribution in [2.24, 2.45) is 0 Å². The lowest BCUT2D eigenvalue weighted by molar-refractivity contribution is 0.0702. The molecule has 4 nitrogen and oxygen atoms in total. The lowest BCUT2D eigenvalue weighted by Gasteiger charge is -2.03. The summed E-state index contributed by atoms with van der Waals surface area (Å²) in [5.74, 6) is -0.964. The fraction of sp³-hybridized carbons (Fsp3) is 0. The molecule has 0 aliphatic heterocycles. The SMILES string of the molecule is O=C(O)c1ccc(-c2c(Cl)cc(Cl)c3nsnc23)s1. The number of nitrogens with zero attached hydrogens (tertiary/aromatic N) is 2. The second-order valence-corrected chi connectivity index (χ2v) is 6.07. The van der Waals surface area contributed by atoms with Gasteiger partial charge in [-0.3, -0.25) is 0 Å². The van der Waals surface area contributed by atoms with Crippen LogP contribution in [0.5, 0.6) is 0 Å². The summed E-state index contributed by atoms with van der Waals surface area (Å²) in [4.78, 5) is 11.9. The molecule has 0 atom stereocenters. The molecule has 96 valence electrons. The Hall–Kier alpha value is -1.21. The lowest BCUT2D eigenvalue weighted by atomic mass is 10.1. The number of benzene rings is 1. The van der Waals surface area contributed by atoms with Crippen LogP contribution in [0.15, 0.2) is 18.2 Å². The Morgan fingerprint density at radius 3 is 2.58 bits per heavy atom. The van der Waals surface area contributed by atoms with Crippen LogP contribution in [0.4, 0.5) is 0 Å². The van der Waals surface area contributed by atoms with Gasteiger partial charge in [-0.1, -0.05) is 23.2 Å². The molecule has 1 N–H and O–H groups in total. The van der Waals surface area contributed by atoms with Crippen LogP contribution in [0.3, 0.4) is 0 Å². The highest BCUT2D eigenvalue weighted by atomic mass is 35.5. The highest BCUT2D eigenvalue weighted by Crippen LogP contribution is 2.40. The van der Waals surface area contributed by atoms with Crippen LogP contribution in [0.2, 0.25) is 10.0 Å². The summed E-state index contributed by atoms with van der Waals surface area (Å²) < 4.78 is 8.31. The molecular formula is C11H4Cl2N2O2S2. The fourth-order valence-electron chi connectivity index (χ4n) is 1.70. The maximum absolute atomic E-state index is 10.9. The molecule has 2 aromatic heterocycles. The van der Waals surface area contributed by atoms with Gasteiger partial charge < -0.3 is 5.11 Å². The Labute approximate surface area is 125 Å². The van der Waals surface area contributed by atoms with Gasteiger partial charge in [-0.25, -0.2) is 4.79 Å². The van der Waals surface area contributed by atoms with Crippen molar-refractivity contribution in [2.75, 3.05) is 0 Å². The number of carbonyl (C=O) groups is 1. The standard InChI is InChI=1S/C11H4Cl2N2O2S2/c12-4-3-5(13)9-10(15-19-14-9)8(4)6-1-2-7(18-6)11(16)17/h1-3H,(H,16,17). The van der Waals surface area contributed by atoms with Gasteiger partial charge in [0.05, 0.1) is 21.8 Å². The van der Waals surface area contributed by atoms with E-state index in [4.69, 9.17) is 28.3 Å². The van der Waals surface area contributed by atoms with Gasteiger partial charge in [-0.15, -0.1) is 11.3 Å². The van der Waals surface area contributed by atoms with Gasteiger partial charge in [0, 0.05) is 10.4 Å². The Balaban J connectivity index is 2.29. The molecule has 1 aromatic carbocycles. The average Bonchev–Trinajstić information content (AvgIpc) is 2.97. The normalized spacial score (nSPS) is 11.1. The van der Waals surface area contributed by atoms with Crippen molar-refractivity contribution < 1.29 is 9.90 Å². The number of hydrogen-bond donors (Lipinski definition) is 1. The van der Waals surface area contributed by atoms with Crippen molar-refractivity contribution in [2.45, 2.75) is 0 Å². The lowest BCUT2D eigenvalue weighted by Crippen LogP contribution is -1.89. The van der Waals surface area contributed by atoms with Gasteiger partial charge in [-0.05, 0) is 18.2 Å². The first-order chi connectivity index (χ1) is 9.08. The fourth-order valence-corrected chi connectivity index (χ4v) is 3.87. The summed E-state index contributed by atoms with van der Waals surface area (Å²) >= 11 is 14.4. The summed E-state index contributed by atoms with van der Waals surface area (Å²) in [6.07, 6.45) is 0. The summed E-state index contributed by atoms with van der Waals surface area (Å²) in [6, 6.07) is 4.85. The Morgan fingerprint density at radius 2 is 1.89 bits per heavy atom. The van der Waals surface area contributed by atoms with Crippen LogP contribution < -0.4 is 0 Å². The first kappa shape index (κ1) is 12.8. The third kappa shape index (κ3) is 2.10. The van der Waals surface area contributed by atoms with Crippen LogP contribution >= 0.6 is 46.3 Å². The van der Waals surface area contributed by atoms with E-state index in [1.165, 1.54) is 0 Å². The van der Waals surface area contributed by atoms with E-state index in [-0.39, 0.29) is 4.88 Å². The van der Waals surface area contributed by atoms with Crippen molar-refractivity contribution >= 4 is 63.3 Å². The number of carboxylic acids is 1. The van der Waals surface area contributed by atoms with E-state index < -0.39 is 5.97 Å². The van der Waals surface area contributed by atoms with Crippen molar-refractivity contribution in [3.05, 3.63) is 33.1 Å². The quantitative estimate of drug-likeness (QED) is 0.755. The minimum atomic E-state index is -0.964. The Morgan fingerprint density at radius 1 is 1.16 bits per heavy atom. The van der Waals surface area contributed by atoms with Gasteiger partial charge in [-0.2, -0.15) is 8.75 Å². The number of aromatic nitrogens is 2. The van der Waals surface area contributed by atoms with Gasteiger partial charge in [0.25, 0.3) is 0 Å². The molecule has 3 aromatic rings. The molecule has 0 aliphatic rings. The number of hydrogen-bond acceptors (Lipinski definition) is 5. The average molecular weight is 331 g/mol. The molecule has 8 heteroatoms. The number of carboxylic acid groups (broad SMARTS) is 1. The van der Waals surface area contributed by atoms with Crippen molar-refractivity contribution in [1.29, 1.82) is 0 Å². The van der Waals surface area contributed by atoms with Crippen molar-refractivity contribution in [3.63, 3.8) is 0 Å². The molecule has 0 bridgehead atoms. The first-order valence-electron chi connectivity index (χ1n) is 5.01. The van der Waals surface area contributed by atoms with Gasteiger partial charge >= 0.3 is 5.97 Å². The molecule has 0 saturated carbocycles. The summed E-state index contributed by atoms with van der Waals surface area (Å²) in [5.41, 5.74) is 1.85. The molecule has 2 heterocycles. The molecular weight excluding hydrogens is 327 g/mol. The maximum Gasteiger partial charge on any atom is 0.345 e. The van der Waals surface area contributed by atoms with Crippen LogP contribution in [0.25, 0.3) is 21.5 Å². The third-order valence-corrected chi connectivity index (χ3v) is 4.71. The van der Waals surface area contributed by atoms with Crippen LogP contribution in [0, 0.1) is 0 Å². The number of rotatable bonds is 2. The van der Waals surface area contributed by atoms with E-state index in [1.807, 2.05) is 0 Å². The second kappa shape index (κ2) is 4.72. The maximum atomic E-state index is 10.9. The molecule has 0 radical (unpaired) electrons.